The first kappa shape index (κ1) is 29.7. The molecule has 1 fully saturated rings. The molecule has 0 N–H and O–H groups in total. The molecule has 3 heterocycles. The van der Waals surface area contributed by atoms with Gasteiger partial charge >= 0.3 is 7.12 Å². The number of benzene rings is 5. The topological polar surface area (TPSA) is 47.5 Å². The van der Waals surface area contributed by atoms with Crippen molar-refractivity contribution in [3.63, 3.8) is 0 Å². The molecule has 0 bridgehead atoms. The molecule has 5 nitrogen and oxygen atoms in total. The van der Waals surface area contributed by atoms with Crippen molar-refractivity contribution in [2.45, 2.75) is 48.7 Å². The number of fused-ring (bicyclic) bond motifs is 2. The van der Waals surface area contributed by atoms with Crippen LogP contribution in [0.15, 0.2) is 143 Å². The Morgan fingerprint density at radius 2 is 1.04 bits per heavy atom. The van der Waals surface area contributed by atoms with Gasteiger partial charge in [0.05, 0.1) is 34.0 Å². The third-order valence-electron chi connectivity index (χ3n) is 9.28. The minimum absolute atomic E-state index is 0.487. The van der Waals surface area contributed by atoms with E-state index in [1.807, 2.05) is 36.4 Å². The second-order valence-electron chi connectivity index (χ2n) is 13.0. The Morgan fingerprint density at radius 1 is 0.553 bits per heavy atom. The van der Waals surface area contributed by atoms with E-state index in [2.05, 4.69) is 130 Å². The molecule has 0 spiro atoms. The number of hydrogen-bond donors (Lipinski definition) is 0. The van der Waals surface area contributed by atoms with Crippen molar-refractivity contribution >= 4 is 41.4 Å². The van der Waals surface area contributed by atoms with Crippen molar-refractivity contribution in [3.8, 4) is 33.9 Å². The van der Waals surface area contributed by atoms with Crippen LogP contribution in [0.3, 0.4) is 0 Å². The summed E-state index contributed by atoms with van der Waals surface area (Å²) in [6.45, 7) is 8.35. The van der Waals surface area contributed by atoms with E-state index in [1.54, 1.807) is 11.8 Å². The van der Waals surface area contributed by atoms with Crippen LogP contribution in [-0.2, 0) is 9.31 Å². The molecule has 0 atom stereocenters. The summed E-state index contributed by atoms with van der Waals surface area (Å²) in [6.07, 6.45) is 0. The molecular formula is C40H34BN3O2S. The highest BCUT2D eigenvalue weighted by atomic mass is 32.2. The fraction of sp³-hybridized carbons (Fsp3) is 0.150. The summed E-state index contributed by atoms with van der Waals surface area (Å²) in [5, 5.41) is 0. The van der Waals surface area contributed by atoms with E-state index < -0.39 is 18.3 Å². The van der Waals surface area contributed by atoms with Crippen LogP contribution in [-0.4, -0.2) is 28.3 Å². The monoisotopic (exact) mass is 631 g/mol. The van der Waals surface area contributed by atoms with Gasteiger partial charge in [-0.25, -0.2) is 9.97 Å². The third-order valence-corrected chi connectivity index (χ3v) is 10.4. The molecule has 6 aromatic rings. The summed E-state index contributed by atoms with van der Waals surface area (Å²) in [6, 6.07) is 46.3. The molecule has 0 radical (unpaired) electrons. The molecule has 230 valence electrons. The number of rotatable bonds is 5. The van der Waals surface area contributed by atoms with Crippen LogP contribution in [0.4, 0.5) is 17.1 Å². The second-order valence-corrected chi connectivity index (χ2v) is 14.1. The third kappa shape index (κ3) is 5.44. The van der Waals surface area contributed by atoms with Gasteiger partial charge in [0.15, 0.2) is 5.82 Å². The summed E-state index contributed by atoms with van der Waals surface area (Å²) in [4.78, 5) is 15.1. The summed E-state index contributed by atoms with van der Waals surface area (Å²) in [5.74, 6) is 0.637. The normalized spacial score (nSPS) is 16.1. The molecule has 0 aliphatic carbocycles. The largest absolute Gasteiger partial charge is 0.494 e. The van der Waals surface area contributed by atoms with Gasteiger partial charge in [-0.3, -0.25) is 0 Å². The molecule has 2 aliphatic heterocycles. The van der Waals surface area contributed by atoms with Gasteiger partial charge in [0, 0.05) is 32.2 Å². The highest BCUT2D eigenvalue weighted by Gasteiger charge is 2.52. The van der Waals surface area contributed by atoms with Gasteiger partial charge in [0.2, 0.25) is 0 Å². The second kappa shape index (κ2) is 11.5. The molecule has 1 aromatic heterocycles. The Kier molecular flexibility index (Phi) is 7.29. The van der Waals surface area contributed by atoms with Crippen LogP contribution in [0.2, 0.25) is 0 Å². The Labute approximate surface area is 280 Å². The maximum Gasteiger partial charge on any atom is 0.494 e. The van der Waals surface area contributed by atoms with E-state index in [0.29, 0.717) is 5.82 Å². The van der Waals surface area contributed by atoms with Crippen LogP contribution >= 0.6 is 11.8 Å². The van der Waals surface area contributed by atoms with E-state index >= 15 is 0 Å². The molecule has 1 saturated heterocycles. The molecule has 8 rings (SSSR count). The number of hydrogen-bond acceptors (Lipinski definition) is 6. The van der Waals surface area contributed by atoms with Gasteiger partial charge in [0.25, 0.3) is 0 Å². The minimum atomic E-state index is -0.561. The van der Waals surface area contributed by atoms with Crippen LogP contribution in [0.1, 0.15) is 27.7 Å². The van der Waals surface area contributed by atoms with Crippen molar-refractivity contribution in [2.24, 2.45) is 0 Å². The Hall–Kier alpha value is -4.69. The van der Waals surface area contributed by atoms with Gasteiger partial charge in [-0.15, -0.1) is 0 Å². The lowest BCUT2D eigenvalue weighted by molar-refractivity contribution is 0.00578. The SMILES string of the molecule is CC1(C)OB(c2cc(-c3nc(-c4ccccc4)cc(-c4ccccc4)n3)cc(N3c4ccccc4Sc4ccccc43)c2)OC1(C)C. The predicted molar refractivity (Wildman–Crippen MR) is 193 cm³/mol. The first-order valence-electron chi connectivity index (χ1n) is 15.9. The fourth-order valence-corrected chi connectivity index (χ4v) is 7.14. The van der Waals surface area contributed by atoms with Crippen molar-refractivity contribution in [2.75, 3.05) is 4.90 Å². The van der Waals surface area contributed by atoms with Gasteiger partial charge in [-0.2, -0.15) is 0 Å². The lowest BCUT2D eigenvalue weighted by Gasteiger charge is -2.33. The highest BCUT2D eigenvalue weighted by molar-refractivity contribution is 7.99. The molecule has 47 heavy (non-hydrogen) atoms. The van der Waals surface area contributed by atoms with Crippen molar-refractivity contribution in [1.82, 2.24) is 9.97 Å². The lowest BCUT2D eigenvalue weighted by Crippen LogP contribution is -2.41. The maximum atomic E-state index is 6.62. The zero-order chi connectivity index (χ0) is 32.2. The zero-order valence-electron chi connectivity index (χ0n) is 26.8. The predicted octanol–water partition coefficient (Wildman–Crippen LogP) is 9.71. The molecule has 5 aromatic carbocycles. The van der Waals surface area contributed by atoms with E-state index in [-0.39, 0.29) is 0 Å². The van der Waals surface area contributed by atoms with Crippen molar-refractivity contribution in [1.29, 1.82) is 0 Å². The molecular weight excluding hydrogens is 597 g/mol. The average Bonchev–Trinajstić information content (AvgIpc) is 3.33. The van der Waals surface area contributed by atoms with Gasteiger partial charge in [-0.05, 0) is 75.6 Å². The van der Waals surface area contributed by atoms with E-state index in [1.165, 1.54) is 9.79 Å². The fourth-order valence-electron chi connectivity index (χ4n) is 6.08. The summed E-state index contributed by atoms with van der Waals surface area (Å²) in [7, 11) is -0.561. The number of nitrogens with zero attached hydrogens (tertiary/aromatic N) is 3. The van der Waals surface area contributed by atoms with E-state index in [9.17, 15) is 0 Å². The minimum Gasteiger partial charge on any atom is -0.399 e. The molecule has 0 saturated carbocycles. The summed E-state index contributed by atoms with van der Waals surface area (Å²) < 4.78 is 13.2. The molecule has 2 aliphatic rings. The zero-order valence-corrected chi connectivity index (χ0v) is 27.7. The van der Waals surface area contributed by atoms with E-state index in [0.717, 1.165) is 50.6 Å². The van der Waals surface area contributed by atoms with Crippen LogP contribution in [0, 0.1) is 0 Å². The standard InChI is InChI=1S/C40H34BN3O2S/c1-39(2)40(3,4)46-41(45-39)30-23-29(24-31(25-30)44-34-19-11-13-21-36(34)47-37-22-14-12-20-35(37)44)38-42-32(27-15-7-5-8-16-27)26-33(43-38)28-17-9-6-10-18-28/h5-26H,1-4H3. The molecule has 0 unspecified atom stereocenters. The van der Waals surface area contributed by atoms with Crippen LogP contribution in [0.25, 0.3) is 33.9 Å². The Balaban J connectivity index is 1.36. The summed E-state index contributed by atoms with van der Waals surface area (Å²) in [5.41, 5.74) is 7.85. The number of para-hydroxylation sites is 2. The van der Waals surface area contributed by atoms with Crippen LogP contribution < -0.4 is 10.4 Å². The molecule has 7 heteroatoms. The first-order valence-corrected chi connectivity index (χ1v) is 16.7. The average molecular weight is 632 g/mol. The van der Waals surface area contributed by atoms with E-state index in [4.69, 9.17) is 19.3 Å². The molecule has 0 amide bonds. The quantitative estimate of drug-likeness (QED) is 0.176. The lowest BCUT2D eigenvalue weighted by atomic mass is 9.77. The van der Waals surface area contributed by atoms with Gasteiger partial charge in [0.1, 0.15) is 0 Å². The smallest absolute Gasteiger partial charge is 0.399 e. The summed E-state index contributed by atoms with van der Waals surface area (Å²) >= 11 is 1.79. The Bertz CT molecular complexity index is 1980. The highest BCUT2D eigenvalue weighted by Crippen LogP contribution is 2.51. The maximum absolute atomic E-state index is 6.62. The van der Waals surface area contributed by atoms with Gasteiger partial charge < -0.3 is 14.2 Å². The first-order chi connectivity index (χ1) is 22.8. The number of anilines is 3. The van der Waals surface area contributed by atoms with Gasteiger partial charge in [-0.1, -0.05) is 103 Å². The number of aromatic nitrogens is 2. The van der Waals surface area contributed by atoms with Crippen molar-refractivity contribution < 1.29 is 9.31 Å². The Morgan fingerprint density at radius 3 is 1.57 bits per heavy atom. The van der Waals surface area contributed by atoms with Crippen LogP contribution in [0.5, 0.6) is 0 Å². The van der Waals surface area contributed by atoms with Crippen molar-refractivity contribution in [3.05, 3.63) is 133 Å².